The van der Waals surface area contributed by atoms with Gasteiger partial charge in [0.25, 0.3) is 0 Å². The predicted octanol–water partition coefficient (Wildman–Crippen LogP) is 4.54. The summed E-state index contributed by atoms with van der Waals surface area (Å²) < 4.78 is 17.6. The normalized spacial score (nSPS) is 13.1. The van der Waals surface area contributed by atoms with Crippen molar-refractivity contribution < 1.29 is 14.2 Å². The molecule has 1 unspecified atom stereocenters. The summed E-state index contributed by atoms with van der Waals surface area (Å²) in [6.45, 7) is 11.0. The standard InChI is InChI=1S/C16H34O3/c1-5-9-12-17-15(8-4)16(18-13-10-6-2)19-14-11-7-3/h15-16H,5-14H2,1-4H3. The first-order chi connectivity index (χ1) is 9.29. The van der Waals surface area contributed by atoms with Crippen LogP contribution in [-0.2, 0) is 14.2 Å². The van der Waals surface area contributed by atoms with Gasteiger partial charge in [-0.05, 0) is 25.7 Å². The van der Waals surface area contributed by atoms with Crippen LogP contribution < -0.4 is 0 Å². The van der Waals surface area contributed by atoms with Crippen molar-refractivity contribution in [1.82, 2.24) is 0 Å². The van der Waals surface area contributed by atoms with Crippen LogP contribution in [0.25, 0.3) is 0 Å². The highest BCUT2D eigenvalue weighted by Gasteiger charge is 2.21. The molecule has 0 aromatic carbocycles. The van der Waals surface area contributed by atoms with E-state index in [0.717, 1.165) is 64.8 Å². The van der Waals surface area contributed by atoms with Crippen molar-refractivity contribution in [3.8, 4) is 0 Å². The van der Waals surface area contributed by atoms with Gasteiger partial charge in [0.15, 0.2) is 6.29 Å². The Balaban J connectivity index is 4.13. The lowest BCUT2D eigenvalue weighted by Crippen LogP contribution is -2.34. The third-order valence-electron chi connectivity index (χ3n) is 3.10. The quantitative estimate of drug-likeness (QED) is 0.344. The van der Waals surface area contributed by atoms with E-state index in [-0.39, 0.29) is 12.4 Å². The average molecular weight is 274 g/mol. The molecular formula is C16H34O3. The smallest absolute Gasteiger partial charge is 0.183 e. The van der Waals surface area contributed by atoms with Crippen LogP contribution >= 0.6 is 0 Å². The van der Waals surface area contributed by atoms with Crippen molar-refractivity contribution in [3.63, 3.8) is 0 Å². The van der Waals surface area contributed by atoms with Gasteiger partial charge in [-0.1, -0.05) is 47.0 Å². The fourth-order valence-electron chi connectivity index (χ4n) is 1.72. The van der Waals surface area contributed by atoms with E-state index >= 15 is 0 Å². The summed E-state index contributed by atoms with van der Waals surface area (Å²) in [6.07, 6.45) is 7.54. The van der Waals surface area contributed by atoms with Crippen LogP contribution in [0.2, 0.25) is 0 Å². The van der Waals surface area contributed by atoms with Crippen molar-refractivity contribution in [2.45, 2.75) is 85.0 Å². The van der Waals surface area contributed by atoms with Crippen molar-refractivity contribution in [2.24, 2.45) is 0 Å². The maximum absolute atomic E-state index is 5.91. The van der Waals surface area contributed by atoms with Gasteiger partial charge in [-0.3, -0.25) is 0 Å². The number of unbranched alkanes of at least 4 members (excludes halogenated alkanes) is 3. The molecule has 0 heterocycles. The summed E-state index contributed by atoms with van der Waals surface area (Å²) in [5, 5.41) is 0. The van der Waals surface area contributed by atoms with Crippen LogP contribution in [-0.4, -0.2) is 32.2 Å². The molecule has 1 atom stereocenters. The molecule has 116 valence electrons. The van der Waals surface area contributed by atoms with E-state index in [2.05, 4.69) is 27.7 Å². The highest BCUT2D eigenvalue weighted by atomic mass is 16.7. The minimum atomic E-state index is -0.194. The molecule has 3 nitrogen and oxygen atoms in total. The molecule has 0 N–H and O–H groups in total. The summed E-state index contributed by atoms with van der Waals surface area (Å²) in [7, 11) is 0. The molecule has 0 rings (SSSR count). The number of ether oxygens (including phenoxy) is 3. The average Bonchev–Trinajstić information content (AvgIpc) is 2.43. The molecule has 0 spiro atoms. The Morgan fingerprint density at radius 3 is 1.42 bits per heavy atom. The van der Waals surface area contributed by atoms with Crippen LogP contribution in [0.1, 0.15) is 72.6 Å². The molecule has 0 aromatic heterocycles. The zero-order valence-electron chi connectivity index (χ0n) is 13.5. The van der Waals surface area contributed by atoms with Gasteiger partial charge in [0.1, 0.15) is 6.10 Å². The first-order valence-corrected chi connectivity index (χ1v) is 8.14. The largest absolute Gasteiger partial charge is 0.373 e. The van der Waals surface area contributed by atoms with E-state index in [1.165, 1.54) is 0 Å². The van der Waals surface area contributed by atoms with Gasteiger partial charge in [-0.15, -0.1) is 0 Å². The summed E-state index contributed by atoms with van der Waals surface area (Å²) in [4.78, 5) is 0. The van der Waals surface area contributed by atoms with Gasteiger partial charge in [0.2, 0.25) is 0 Å². The zero-order valence-corrected chi connectivity index (χ0v) is 13.5. The fraction of sp³-hybridized carbons (Fsp3) is 1.00. The topological polar surface area (TPSA) is 27.7 Å². The molecule has 19 heavy (non-hydrogen) atoms. The van der Waals surface area contributed by atoms with E-state index in [9.17, 15) is 0 Å². The number of hydrogen-bond donors (Lipinski definition) is 0. The minimum absolute atomic E-state index is 0.0697. The highest BCUT2D eigenvalue weighted by Crippen LogP contribution is 2.13. The molecule has 0 bridgehead atoms. The van der Waals surface area contributed by atoms with Crippen molar-refractivity contribution in [2.75, 3.05) is 19.8 Å². The third-order valence-corrected chi connectivity index (χ3v) is 3.10. The molecule has 0 aliphatic carbocycles. The molecule has 0 amide bonds. The molecule has 0 aliphatic heterocycles. The Hall–Kier alpha value is -0.120. The number of hydrogen-bond acceptors (Lipinski definition) is 3. The van der Waals surface area contributed by atoms with Crippen LogP contribution in [0.4, 0.5) is 0 Å². The highest BCUT2D eigenvalue weighted by molar-refractivity contribution is 4.61. The fourth-order valence-corrected chi connectivity index (χ4v) is 1.72. The van der Waals surface area contributed by atoms with E-state index in [0.29, 0.717) is 0 Å². The van der Waals surface area contributed by atoms with Crippen LogP contribution in [0.5, 0.6) is 0 Å². The molecule has 0 aliphatic rings. The summed E-state index contributed by atoms with van der Waals surface area (Å²) in [5.74, 6) is 0. The molecule has 0 saturated carbocycles. The second-order valence-electron chi connectivity index (χ2n) is 4.99. The maximum atomic E-state index is 5.91. The Morgan fingerprint density at radius 1 is 0.632 bits per heavy atom. The van der Waals surface area contributed by atoms with E-state index < -0.39 is 0 Å². The van der Waals surface area contributed by atoms with E-state index in [1.54, 1.807) is 0 Å². The van der Waals surface area contributed by atoms with Crippen molar-refractivity contribution >= 4 is 0 Å². The maximum Gasteiger partial charge on any atom is 0.183 e. The first-order valence-electron chi connectivity index (χ1n) is 8.14. The van der Waals surface area contributed by atoms with E-state index in [4.69, 9.17) is 14.2 Å². The lowest BCUT2D eigenvalue weighted by molar-refractivity contribution is -0.208. The second kappa shape index (κ2) is 14.3. The van der Waals surface area contributed by atoms with Gasteiger partial charge >= 0.3 is 0 Å². The van der Waals surface area contributed by atoms with Crippen LogP contribution in [0, 0.1) is 0 Å². The van der Waals surface area contributed by atoms with Crippen LogP contribution in [0.3, 0.4) is 0 Å². The monoisotopic (exact) mass is 274 g/mol. The van der Waals surface area contributed by atoms with Gasteiger partial charge in [-0.2, -0.15) is 0 Å². The molecule has 3 heteroatoms. The van der Waals surface area contributed by atoms with Crippen molar-refractivity contribution in [1.29, 1.82) is 0 Å². The zero-order chi connectivity index (χ0) is 14.3. The lowest BCUT2D eigenvalue weighted by atomic mass is 10.2. The Labute approximate surface area is 120 Å². The number of rotatable bonds is 14. The lowest BCUT2D eigenvalue weighted by Gasteiger charge is -2.27. The van der Waals surface area contributed by atoms with Gasteiger partial charge in [-0.25, -0.2) is 0 Å². The second-order valence-corrected chi connectivity index (χ2v) is 4.99. The molecule has 0 fully saturated rings. The molecule has 0 aromatic rings. The predicted molar refractivity (Wildman–Crippen MR) is 80.4 cm³/mol. The first kappa shape index (κ1) is 18.9. The molecule has 0 radical (unpaired) electrons. The summed E-state index contributed by atoms with van der Waals surface area (Å²) >= 11 is 0. The molecule has 0 saturated heterocycles. The minimum Gasteiger partial charge on any atom is -0.373 e. The SMILES string of the molecule is CCCCOC(CC)C(OCCCC)OCCCC. The van der Waals surface area contributed by atoms with Gasteiger partial charge in [0, 0.05) is 19.8 Å². The Morgan fingerprint density at radius 2 is 1.05 bits per heavy atom. The van der Waals surface area contributed by atoms with E-state index in [1.807, 2.05) is 0 Å². The van der Waals surface area contributed by atoms with Crippen molar-refractivity contribution in [3.05, 3.63) is 0 Å². The summed E-state index contributed by atoms with van der Waals surface area (Å²) in [6, 6.07) is 0. The Bertz CT molecular complexity index is 163. The van der Waals surface area contributed by atoms with Gasteiger partial charge < -0.3 is 14.2 Å². The van der Waals surface area contributed by atoms with Gasteiger partial charge in [0.05, 0.1) is 0 Å². The Kier molecular flexibility index (Phi) is 14.2. The summed E-state index contributed by atoms with van der Waals surface area (Å²) in [5.41, 5.74) is 0. The molecular weight excluding hydrogens is 240 g/mol. The third kappa shape index (κ3) is 10.3. The van der Waals surface area contributed by atoms with Crippen LogP contribution in [0.15, 0.2) is 0 Å².